The lowest BCUT2D eigenvalue weighted by Gasteiger charge is -2.15. The molecule has 2 amide bonds. The molecule has 2 aromatic rings. The lowest BCUT2D eigenvalue weighted by atomic mass is 10.2. The van der Waals surface area contributed by atoms with Crippen molar-refractivity contribution in [1.29, 1.82) is 0 Å². The minimum Gasteiger partial charge on any atom is -0.493 e. The van der Waals surface area contributed by atoms with Crippen LogP contribution in [0.5, 0.6) is 5.88 Å². The Kier molecular flexibility index (Phi) is 6.02. The molecule has 1 atom stereocenters. The van der Waals surface area contributed by atoms with Gasteiger partial charge in [-0.1, -0.05) is 18.7 Å². The third kappa shape index (κ3) is 4.16. The van der Waals surface area contributed by atoms with Crippen LogP contribution in [0.2, 0.25) is 0 Å². The Morgan fingerprint density at radius 3 is 2.55 bits per heavy atom. The highest BCUT2D eigenvalue weighted by Crippen LogP contribution is 2.33. The zero-order valence-electron chi connectivity index (χ0n) is 15.8. The van der Waals surface area contributed by atoms with Crippen LogP contribution < -0.4 is 10.5 Å². The molecule has 0 bridgehead atoms. The van der Waals surface area contributed by atoms with Crippen LogP contribution in [0.15, 0.2) is 34.2 Å². The van der Waals surface area contributed by atoms with E-state index in [1.54, 1.807) is 13.8 Å². The highest BCUT2D eigenvalue weighted by Gasteiger charge is 2.40. The molecule has 1 saturated heterocycles. The molecule has 3 rings (SSSR count). The van der Waals surface area contributed by atoms with Crippen molar-refractivity contribution in [3.05, 3.63) is 45.7 Å². The average molecular weight is 417 g/mol. The number of aromatic amines is 1. The number of carbonyl (C=O) groups is 3. The topological polar surface area (TPSA) is 130 Å². The van der Waals surface area contributed by atoms with Crippen LogP contribution in [0.4, 0.5) is 5.69 Å². The molecule has 29 heavy (non-hydrogen) atoms. The van der Waals surface area contributed by atoms with Crippen LogP contribution in [-0.2, 0) is 20.7 Å². The zero-order chi connectivity index (χ0) is 21.1. The first-order valence-corrected chi connectivity index (χ1v) is 9.86. The summed E-state index contributed by atoms with van der Waals surface area (Å²) in [6.45, 7) is 3.65. The lowest BCUT2D eigenvalue weighted by Crippen LogP contribution is -2.31. The van der Waals surface area contributed by atoms with E-state index in [1.807, 2.05) is 0 Å². The summed E-state index contributed by atoms with van der Waals surface area (Å²) in [5.41, 5.74) is 0.327. The number of anilines is 1. The molecule has 2 heterocycles. The summed E-state index contributed by atoms with van der Waals surface area (Å²) < 4.78 is 4.91. The summed E-state index contributed by atoms with van der Waals surface area (Å²) in [6.07, 6.45) is 0.235. The van der Waals surface area contributed by atoms with E-state index in [-0.39, 0.29) is 29.6 Å². The van der Waals surface area contributed by atoms with E-state index in [1.165, 1.54) is 24.3 Å². The van der Waals surface area contributed by atoms with E-state index < -0.39 is 28.6 Å². The molecule has 0 spiro atoms. The quantitative estimate of drug-likeness (QED) is 0.412. The molecule has 0 saturated carbocycles. The number of benzene rings is 1. The van der Waals surface area contributed by atoms with Gasteiger partial charge >= 0.3 is 5.97 Å². The third-order valence-corrected chi connectivity index (χ3v) is 5.39. The van der Waals surface area contributed by atoms with Gasteiger partial charge in [0.1, 0.15) is 5.25 Å². The Bertz CT molecular complexity index is 1020. The van der Waals surface area contributed by atoms with E-state index in [4.69, 9.17) is 4.74 Å². The van der Waals surface area contributed by atoms with Crippen LogP contribution in [-0.4, -0.2) is 44.7 Å². The van der Waals surface area contributed by atoms with Gasteiger partial charge in [0.2, 0.25) is 17.7 Å². The summed E-state index contributed by atoms with van der Waals surface area (Å²) >= 11 is 0.911. The van der Waals surface area contributed by atoms with Gasteiger partial charge in [-0.05, 0) is 37.6 Å². The minimum atomic E-state index is -0.790. The SMILES string of the molecule is CCOC(=O)c1ccc(N2C(=O)C[C@@H](Sc3nc(O)c(CC)c(=O)[nH]3)C2=O)cc1. The standard InChI is InChI=1S/C19H19N3O6S/c1-3-12-15(24)20-19(21-16(12)25)29-13-9-14(23)22(17(13)26)11-7-5-10(6-8-11)18(27)28-4-2/h5-8,13H,3-4,9H2,1-2H3,(H2,20,21,24,25)/t13-/m1/s1. The van der Waals surface area contributed by atoms with E-state index >= 15 is 0 Å². The zero-order valence-corrected chi connectivity index (χ0v) is 16.6. The smallest absolute Gasteiger partial charge is 0.338 e. The number of aromatic nitrogens is 2. The molecule has 9 nitrogen and oxygen atoms in total. The number of rotatable bonds is 6. The molecule has 1 aromatic carbocycles. The first-order valence-electron chi connectivity index (χ1n) is 8.98. The predicted octanol–water partition coefficient (Wildman–Crippen LogP) is 1.64. The highest BCUT2D eigenvalue weighted by molar-refractivity contribution is 8.00. The van der Waals surface area contributed by atoms with Gasteiger partial charge in [-0.25, -0.2) is 9.69 Å². The number of aromatic hydroxyl groups is 1. The van der Waals surface area contributed by atoms with Gasteiger partial charge in [0, 0.05) is 6.42 Å². The van der Waals surface area contributed by atoms with Crippen molar-refractivity contribution in [1.82, 2.24) is 9.97 Å². The Labute approximate surface area is 170 Å². The second-order valence-corrected chi connectivity index (χ2v) is 7.36. The fourth-order valence-electron chi connectivity index (χ4n) is 2.90. The number of imide groups is 1. The molecule has 2 N–H and O–H groups in total. The molecule has 0 unspecified atom stereocenters. The van der Waals surface area contributed by atoms with Crippen LogP contribution in [0.25, 0.3) is 0 Å². The molecular weight excluding hydrogens is 398 g/mol. The number of thioether (sulfide) groups is 1. The molecule has 152 valence electrons. The maximum absolute atomic E-state index is 12.7. The van der Waals surface area contributed by atoms with E-state index in [2.05, 4.69) is 9.97 Å². The fourth-order valence-corrected chi connectivity index (χ4v) is 3.90. The second-order valence-electron chi connectivity index (χ2n) is 6.17. The number of nitrogens with one attached hydrogen (secondary N) is 1. The Morgan fingerprint density at radius 2 is 1.97 bits per heavy atom. The maximum Gasteiger partial charge on any atom is 0.338 e. The minimum absolute atomic E-state index is 0.0651. The first kappa shape index (κ1) is 20.6. The van der Waals surface area contributed by atoms with Gasteiger partial charge < -0.3 is 14.8 Å². The molecule has 1 aliphatic heterocycles. The molecule has 10 heteroatoms. The van der Waals surface area contributed by atoms with Gasteiger partial charge in [-0.3, -0.25) is 14.4 Å². The summed E-state index contributed by atoms with van der Waals surface area (Å²) in [5.74, 6) is -1.75. The number of esters is 1. The Balaban J connectivity index is 1.78. The monoisotopic (exact) mass is 417 g/mol. The maximum atomic E-state index is 12.7. The van der Waals surface area contributed by atoms with Crippen LogP contribution in [0.3, 0.4) is 0 Å². The van der Waals surface area contributed by atoms with E-state index in [0.29, 0.717) is 17.7 Å². The highest BCUT2D eigenvalue weighted by atomic mass is 32.2. The van der Waals surface area contributed by atoms with E-state index in [0.717, 1.165) is 16.7 Å². The van der Waals surface area contributed by atoms with Crippen molar-refractivity contribution in [2.45, 2.75) is 37.1 Å². The van der Waals surface area contributed by atoms with Crippen molar-refractivity contribution >= 4 is 35.2 Å². The van der Waals surface area contributed by atoms with E-state index in [9.17, 15) is 24.3 Å². The molecular formula is C19H19N3O6S. The van der Waals surface area contributed by atoms with Gasteiger partial charge in [-0.2, -0.15) is 4.98 Å². The molecule has 1 aromatic heterocycles. The van der Waals surface area contributed by atoms with Crippen molar-refractivity contribution in [3.8, 4) is 5.88 Å². The second kappa shape index (κ2) is 8.48. The molecule has 1 aliphatic rings. The summed E-state index contributed by atoms with van der Waals surface area (Å²) in [6, 6.07) is 5.96. The van der Waals surface area contributed by atoms with Gasteiger partial charge in [0.05, 0.1) is 23.4 Å². The number of hydrogen-bond acceptors (Lipinski definition) is 8. The third-order valence-electron chi connectivity index (χ3n) is 4.32. The summed E-state index contributed by atoms with van der Waals surface area (Å²) in [5, 5.41) is 9.13. The molecule has 0 aliphatic carbocycles. The van der Waals surface area contributed by atoms with Gasteiger partial charge in [0.25, 0.3) is 5.56 Å². The summed E-state index contributed by atoms with van der Waals surface area (Å²) in [4.78, 5) is 56.3. The van der Waals surface area contributed by atoms with Crippen molar-refractivity contribution in [3.63, 3.8) is 0 Å². The van der Waals surface area contributed by atoms with Crippen molar-refractivity contribution in [2.24, 2.45) is 0 Å². The summed E-state index contributed by atoms with van der Waals surface area (Å²) in [7, 11) is 0. The number of amides is 2. The number of ether oxygens (including phenoxy) is 1. The molecule has 0 radical (unpaired) electrons. The van der Waals surface area contributed by atoms with Crippen LogP contribution in [0.1, 0.15) is 36.2 Å². The van der Waals surface area contributed by atoms with Crippen molar-refractivity contribution < 1.29 is 24.2 Å². The fraction of sp³-hybridized carbons (Fsp3) is 0.316. The van der Waals surface area contributed by atoms with Gasteiger partial charge in [0.15, 0.2) is 5.16 Å². The Hall–Kier alpha value is -3.14. The van der Waals surface area contributed by atoms with Crippen LogP contribution >= 0.6 is 11.8 Å². The normalized spacial score (nSPS) is 16.3. The van der Waals surface area contributed by atoms with Crippen molar-refractivity contribution in [2.75, 3.05) is 11.5 Å². The number of nitrogens with zero attached hydrogens (tertiary/aromatic N) is 2. The average Bonchev–Trinajstić information content (AvgIpc) is 2.95. The largest absolute Gasteiger partial charge is 0.493 e. The number of H-pyrrole nitrogens is 1. The Morgan fingerprint density at radius 1 is 1.28 bits per heavy atom. The van der Waals surface area contributed by atoms with Crippen LogP contribution in [0, 0.1) is 0 Å². The molecule has 1 fully saturated rings. The predicted molar refractivity (Wildman–Crippen MR) is 105 cm³/mol. The number of hydrogen-bond donors (Lipinski definition) is 2. The number of carbonyl (C=O) groups excluding carboxylic acids is 3. The van der Waals surface area contributed by atoms with Gasteiger partial charge in [-0.15, -0.1) is 0 Å². The lowest BCUT2D eigenvalue weighted by molar-refractivity contribution is -0.121. The first-order chi connectivity index (χ1) is 13.8.